The molecule has 2 fully saturated rings. The molecule has 1 aromatic carbocycles. The molecule has 2 aliphatic rings. The first-order valence-corrected chi connectivity index (χ1v) is 11.0. The second-order valence-electron chi connectivity index (χ2n) is 8.40. The second kappa shape index (κ2) is 10.9. The summed E-state index contributed by atoms with van der Waals surface area (Å²) < 4.78 is 15.9. The van der Waals surface area contributed by atoms with E-state index in [2.05, 4.69) is 5.32 Å². The first-order chi connectivity index (χ1) is 15.0. The molecule has 0 atom stereocenters. The Kier molecular flexibility index (Phi) is 8.28. The van der Waals surface area contributed by atoms with Crippen molar-refractivity contribution in [1.29, 1.82) is 0 Å². The molecule has 0 aliphatic carbocycles. The third kappa shape index (κ3) is 5.75. The summed E-state index contributed by atoms with van der Waals surface area (Å²) >= 11 is 0. The average molecular weight is 435 g/mol. The fraction of sp³-hybridized carbons (Fsp3) is 0.652. The molecular formula is C23H34N2O6. The Labute approximate surface area is 183 Å². The summed E-state index contributed by atoms with van der Waals surface area (Å²) in [6.07, 6.45) is 2.75. The summed E-state index contributed by atoms with van der Waals surface area (Å²) in [4.78, 5) is 27.9. The molecule has 3 rings (SSSR count). The maximum atomic E-state index is 13.3. The minimum absolute atomic E-state index is 0.0387. The highest BCUT2D eigenvalue weighted by Crippen LogP contribution is 2.44. The summed E-state index contributed by atoms with van der Waals surface area (Å²) in [6.45, 7) is 2.91. The molecule has 1 amide bonds. The van der Waals surface area contributed by atoms with Crippen LogP contribution >= 0.6 is 0 Å². The number of nitrogens with zero attached hydrogens (tertiary/aromatic N) is 1. The van der Waals surface area contributed by atoms with Gasteiger partial charge in [0.2, 0.25) is 5.91 Å². The Balaban J connectivity index is 1.65. The van der Waals surface area contributed by atoms with E-state index in [0.29, 0.717) is 25.9 Å². The Bertz CT molecular complexity index is 720. The van der Waals surface area contributed by atoms with Gasteiger partial charge < -0.3 is 29.5 Å². The molecule has 31 heavy (non-hydrogen) atoms. The molecule has 1 aromatic rings. The van der Waals surface area contributed by atoms with Crippen molar-refractivity contribution in [3.63, 3.8) is 0 Å². The molecule has 2 saturated heterocycles. The number of piperidine rings is 2. The molecule has 8 heteroatoms. The quantitative estimate of drug-likeness (QED) is 0.475. The van der Waals surface area contributed by atoms with E-state index in [9.17, 15) is 14.7 Å². The van der Waals surface area contributed by atoms with Gasteiger partial charge in [0, 0.05) is 27.3 Å². The molecule has 8 nitrogen and oxygen atoms in total. The van der Waals surface area contributed by atoms with Crippen LogP contribution in [0.5, 0.6) is 5.75 Å². The van der Waals surface area contributed by atoms with Gasteiger partial charge >= 0.3 is 5.97 Å². The lowest BCUT2D eigenvalue weighted by Gasteiger charge is -2.46. The fourth-order valence-corrected chi connectivity index (χ4v) is 4.73. The zero-order chi connectivity index (χ0) is 22.3. The number of carbonyl (C=O) groups excluding carboxylic acids is 2. The number of rotatable bonds is 8. The van der Waals surface area contributed by atoms with E-state index in [1.165, 1.54) is 14.2 Å². The van der Waals surface area contributed by atoms with E-state index in [-0.39, 0.29) is 36.6 Å². The van der Waals surface area contributed by atoms with Crippen molar-refractivity contribution in [2.24, 2.45) is 11.3 Å². The number of benzene rings is 1. The molecule has 172 valence electrons. The van der Waals surface area contributed by atoms with Gasteiger partial charge in [-0.25, -0.2) is 0 Å². The molecule has 0 unspecified atom stereocenters. The standard InChI is InChI=1S/C23H34N2O6/c1-29-21(30-2)16-31-22(28)23(18-7-11-24-12-8-18)9-13-25(14-10-23)20(27)15-17-3-5-19(26)6-4-17/h3-6,18,21,24,26H,7-16H2,1-2H3. The van der Waals surface area contributed by atoms with Gasteiger partial charge in [-0.2, -0.15) is 0 Å². The summed E-state index contributed by atoms with van der Waals surface area (Å²) in [5.74, 6) is 0.253. The van der Waals surface area contributed by atoms with Crippen molar-refractivity contribution in [3.8, 4) is 5.75 Å². The number of carbonyl (C=O) groups is 2. The Morgan fingerprint density at radius 3 is 2.32 bits per heavy atom. The summed E-state index contributed by atoms with van der Waals surface area (Å²) in [5.41, 5.74) is 0.284. The summed E-state index contributed by atoms with van der Waals surface area (Å²) in [5, 5.41) is 12.8. The maximum absolute atomic E-state index is 13.3. The number of nitrogens with one attached hydrogen (secondary N) is 1. The summed E-state index contributed by atoms with van der Waals surface area (Å²) in [7, 11) is 3.03. The lowest BCUT2D eigenvalue weighted by atomic mass is 9.65. The number of amides is 1. The summed E-state index contributed by atoms with van der Waals surface area (Å²) in [6, 6.07) is 6.69. The number of hydrogen-bond donors (Lipinski definition) is 2. The highest BCUT2D eigenvalue weighted by Gasteiger charge is 2.49. The van der Waals surface area contributed by atoms with Crippen LogP contribution in [0.2, 0.25) is 0 Å². The number of methoxy groups -OCH3 is 2. The molecule has 2 heterocycles. The topological polar surface area (TPSA) is 97.3 Å². The normalized spacial score (nSPS) is 19.4. The molecule has 0 aromatic heterocycles. The van der Waals surface area contributed by atoms with E-state index in [1.807, 2.05) is 4.90 Å². The van der Waals surface area contributed by atoms with Crippen molar-refractivity contribution >= 4 is 11.9 Å². The SMILES string of the molecule is COC(COC(=O)C1(C2CCNCC2)CCN(C(=O)Cc2ccc(O)cc2)CC1)OC. The molecular weight excluding hydrogens is 400 g/mol. The van der Waals surface area contributed by atoms with Gasteiger partial charge in [-0.1, -0.05) is 12.1 Å². The van der Waals surface area contributed by atoms with Gasteiger partial charge in [0.25, 0.3) is 0 Å². The number of esters is 1. The zero-order valence-electron chi connectivity index (χ0n) is 18.5. The van der Waals surface area contributed by atoms with Crippen molar-refractivity contribution in [2.75, 3.05) is 47.0 Å². The van der Waals surface area contributed by atoms with Crippen LogP contribution in [-0.2, 0) is 30.2 Å². The number of hydrogen-bond acceptors (Lipinski definition) is 7. The average Bonchev–Trinajstić information content (AvgIpc) is 2.81. The zero-order valence-corrected chi connectivity index (χ0v) is 18.5. The minimum atomic E-state index is -0.582. The number of ether oxygens (including phenoxy) is 3. The predicted octanol–water partition coefficient (Wildman–Crippen LogP) is 1.71. The van der Waals surface area contributed by atoms with Crippen LogP contribution in [0.25, 0.3) is 0 Å². The van der Waals surface area contributed by atoms with Crippen LogP contribution in [0.15, 0.2) is 24.3 Å². The largest absolute Gasteiger partial charge is 0.508 e. The molecule has 0 spiro atoms. The highest BCUT2D eigenvalue weighted by molar-refractivity contribution is 5.81. The molecule has 2 aliphatic heterocycles. The third-order valence-corrected chi connectivity index (χ3v) is 6.70. The van der Waals surface area contributed by atoms with Gasteiger partial charge in [0.05, 0.1) is 11.8 Å². The lowest BCUT2D eigenvalue weighted by molar-refractivity contribution is -0.183. The van der Waals surface area contributed by atoms with E-state index in [4.69, 9.17) is 14.2 Å². The molecule has 0 radical (unpaired) electrons. The van der Waals surface area contributed by atoms with Crippen LogP contribution in [-0.4, -0.2) is 75.2 Å². The molecule has 0 saturated carbocycles. The van der Waals surface area contributed by atoms with Crippen molar-refractivity contribution in [3.05, 3.63) is 29.8 Å². The second-order valence-corrected chi connectivity index (χ2v) is 8.40. The highest BCUT2D eigenvalue weighted by atomic mass is 16.7. The van der Waals surface area contributed by atoms with Gasteiger partial charge in [0.15, 0.2) is 6.29 Å². The number of phenols is 1. The van der Waals surface area contributed by atoms with Crippen LogP contribution in [0.1, 0.15) is 31.2 Å². The molecule has 2 N–H and O–H groups in total. The van der Waals surface area contributed by atoms with Gasteiger partial charge in [-0.3, -0.25) is 9.59 Å². The molecule has 0 bridgehead atoms. The predicted molar refractivity (Wildman–Crippen MR) is 114 cm³/mol. The van der Waals surface area contributed by atoms with Gasteiger partial charge in [0.1, 0.15) is 12.4 Å². The van der Waals surface area contributed by atoms with Crippen molar-refractivity contribution in [1.82, 2.24) is 10.2 Å². The Morgan fingerprint density at radius 1 is 1.13 bits per heavy atom. The first kappa shape index (κ1) is 23.5. The minimum Gasteiger partial charge on any atom is -0.508 e. The van der Waals surface area contributed by atoms with E-state index < -0.39 is 11.7 Å². The number of likely N-dealkylation sites (tertiary alicyclic amines) is 1. The Morgan fingerprint density at radius 2 is 1.74 bits per heavy atom. The van der Waals surface area contributed by atoms with Crippen LogP contribution in [0, 0.1) is 11.3 Å². The van der Waals surface area contributed by atoms with E-state index in [0.717, 1.165) is 31.5 Å². The van der Waals surface area contributed by atoms with E-state index >= 15 is 0 Å². The smallest absolute Gasteiger partial charge is 0.312 e. The maximum Gasteiger partial charge on any atom is 0.312 e. The van der Waals surface area contributed by atoms with Crippen LogP contribution in [0.4, 0.5) is 0 Å². The first-order valence-electron chi connectivity index (χ1n) is 11.0. The van der Waals surface area contributed by atoms with Crippen molar-refractivity contribution < 1.29 is 28.9 Å². The van der Waals surface area contributed by atoms with Crippen molar-refractivity contribution in [2.45, 2.75) is 38.4 Å². The van der Waals surface area contributed by atoms with Gasteiger partial charge in [-0.05, 0) is 62.4 Å². The van der Waals surface area contributed by atoms with Crippen LogP contribution < -0.4 is 5.32 Å². The van der Waals surface area contributed by atoms with Gasteiger partial charge in [-0.15, -0.1) is 0 Å². The Hall–Kier alpha value is -2.16. The lowest BCUT2D eigenvalue weighted by Crippen LogP contribution is -2.53. The van der Waals surface area contributed by atoms with Crippen LogP contribution in [0.3, 0.4) is 0 Å². The fourth-order valence-electron chi connectivity index (χ4n) is 4.73. The monoisotopic (exact) mass is 434 g/mol. The number of aromatic hydroxyl groups is 1. The third-order valence-electron chi connectivity index (χ3n) is 6.70. The number of phenolic OH excluding ortho intramolecular Hbond substituents is 1. The van der Waals surface area contributed by atoms with E-state index in [1.54, 1.807) is 24.3 Å².